The summed E-state index contributed by atoms with van der Waals surface area (Å²) in [6.45, 7) is 2.79. The molecular weight excluding hydrogens is 604 g/mol. The molecule has 5 nitrogen and oxygen atoms in total. The zero-order chi connectivity index (χ0) is 25.3. The molecule has 34 heavy (non-hydrogen) atoms. The first-order chi connectivity index (χ1) is 15.8. The molecule has 3 aromatic carbocycles. The van der Waals surface area contributed by atoms with E-state index in [4.69, 9.17) is 11.6 Å². The average Bonchev–Trinajstić information content (AvgIpc) is 2.74. The minimum Gasteiger partial charge on any atom is -0.324 e. The molecule has 11 heteroatoms. The summed E-state index contributed by atoms with van der Waals surface area (Å²) >= 11 is 7.82. The normalized spacial score (nSPS) is 11.9. The molecule has 0 aromatic heterocycles. The number of anilines is 2. The fraction of sp³-hybridized carbons (Fsp3) is 0.174. The number of sulfonamides is 1. The van der Waals surface area contributed by atoms with Crippen molar-refractivity contribution in [1.29, 1.82) is 0 Å². The highest BCUT2D eigenvalue weighted by Gasteiger charge is 2.35. The number of hydrogen-bond acceptors (Lipinski definition) is 3. The van der Waals surface area contributed by atoms with Crippen molar-refractivity contribution < 1.29 is 26.4 Å². The summed E-state index contributed by atoms with van der Waals surface area (Å²) in [5.74, 6) is -0.719. The van der Waals surface area contributed by atoms with Crippen molar-refractivity contribution in [1.82, 2.24) is 0 Å². The minimum absolute atomic E-state index is 0.167. The summed E-state index contributed by atoms with van der Waals surface area (Å²) in [7, 11) is -4.39. The van der Waals surface area contributed by atoms with Crippen LogP contribution < -0.4 is 9.62 Å². The highest BCUT2D eigenvalue weighted by atomic mass is 127. The number of carbonyl (C=O) groups excluding carboxylic acids is 1. The fourth-order valence-electron chi connectivity index (χ4n) is 3.13. The van der Waals surface area contributed by atoms with Gasteiger partial charge >= 0.3 is 6.18 Å². The van der Waals surface area contributed by atoms with Crippen molar-refractivity contribution in [2.75, 3.05) is 16.2 Å². The molecule has 0 aliphatic carbocycles. The van der Waals surface area contributed by atoms with Gasteiger partial charge in [-0.15, -0.1) is 0 Å². The summed E-state index contributed by atoms with van der Waals surface area (Å²) in [5, 5.41) is 2.05. The number of aryl methyl sites for hydroxylation is 2. The number of nitrogens with zero attached hydrogens (tertiary/aromatic N) is 1. The Morgan fingerprint density at radius 2 is 1.68 bits per heavy atom. The van der Waals surface area contributed by atoms with E-state index < -0.39 is 39.2 Å². The molecule has 0 aliphatic heterocycles. The Bertz CT molecular complexity index is 1330. The molecule has 0 heterocycles. The first-order valence-corrected chi connectivity index (χ1v) is 12.7. The SMILES string of the molecule is Cc1ccc(S(=O)(=O)N(CC(=O)Nc2ccc(I)cc2C)c2ccc(Cl)c(C(F)(F)F)c2)cc1. The summed E-state index contributed by atoms with van der Waals surface area (Å²) in [4.78, 5) is 12.7. The van der Waals surface area contributed by atoms with Gasteiger partial charge in [-0.1, -0.05) is 29.3 Å². The van der Waals surface area contributed by atoms with Crippen LogP contribution >= 0.6 is 34.2 Å². The van der Waals surface area contributed by atoms with Crippen molar-refractivity contribution in [3.63, 3.8) is 0 Å². The summed E-state index contributed by atoms with van der Waals surface area (Å²) < 4.78 is 68.8. The van der Waals surface area contributed by atoms with Crippen LogP contribution in [0, 0.1) is 17.4 Å². The van der Waals surface area contributed by atoms with Crippen molar-refractivity contribution in [2.45, 2.75) is 24.9 Å². The van der Waals surface area contributed by atoms with Crippen LogP contribution in [0.3, 0.4) is 0 Å². The molecule has 0 saturated heterocycles. The third-order valence-electron chi connectivity index (χ3n) is 4.90. The van der Waals surface area contributed by atoms with Gasteiger partial charge in [0, 0.05) is 9.26 Å². The van der Waals surface area contributed by atoms with Crippen molar-refractivity contribution in [3.05, 3.63) is 85.9 Å². The predicted molar refractivity (Wildman–Crippen MR) is 135 cm³/mol. The van der Waals surface area contributed by atoms with Gasteiger partial charge in [-0.2, -0.15) is 13.2 Å². The van der Waals surface area contributed by atoms with Crippen LogP contribution in [-0.2, 0) is 21.0 Å². The molecule has 1 amide bonds. The first-order valence-electron chi connectivity index (χ1n) is 9.81. The maximum absolute atomic E-state index is 13.5. The van der Waals surface area contributed by atoms with E-state index in [1.54, 1.807) is 38.1 Å². The number of hydrogen-bond donors (Lipinski definition) is 1. The monoisotopic (exact) mass is 622 g/mol. The van der Waals surface area contributed by atoms with Gasteiger partial charge in [-0.25, -0.2) is 8.42 Å². The summed E-state index contributed by atoms with van der Waals surface area (Å²) in [6, 6.07) is 13.7. The van der Waals surface area contributed by atoms with Gasteiger partial charge in [0.2, 0.25) is 5.91 Å². The lowest BCUT2D eigenvalue weighted by Crippen LogP contribution is -2.38. The van der Waals surface area contributed by atoms with Gasteiger partial charge in [-0.05, 0) is 90.5 Å². The van der Waals surface area contributed by atoms with Crippen molar-refractivity contribution in [3.8, 4) is 0 Å². The van der Waals surface area contributed by atoms with E-state index in [9.17, 15) is 26.4 Å². The van der Waals surface area contributed by atoms with Crippen LogP contribution in [0.5, 0.6) is 0 Å². The number of amides is 1. The molecule has 1 N–H and O–H groups in total. The van der Waals surface area contributed by atoms with Gasteiger partial charge in [0.05, 0.1) is 21.2 Å². The summed E-state index contributed by atoms with van der Waals surface area (Å²) in [6.07, 6.45) is -4.81. The molecular formula is C23H19ClF3IN2O3S. The predicted octanol–water partition coefficient (Wildman–Crippen LogP) is 6.41. The van der Waals surface area contributed by atoms with E-state index in [0.29, 0.717) is 16.1 Å². The Hall–Kier alpha value is -2.31. The Morgan fingerprint density at radius 3 is 2.26 bits per heavy atom. The van der Waals surface area contributed by atoms with Crippen LogP contribution in [0.1, 0.15) is 16.7 Å². The van der Waals surface area contributed by atoms with E-state index in [0.717, 1.165) is 26.8 Å². The van der Waals surface area contributed by atoms with Gasteiger partial charge in [0.1, 0.15) is 6.54 Å². The molecule has 0 atom stereocenters. The highest BCUT2D eigenvalue weighted by Crippen LogP contribution is 2.38. The standard InChI is InChI=1S/C23H19ClF3IN2O3S/c1-14-3-7-18(8-4-14)34(32,33)30(17-6-9-20(24)19(12-17)23(25,26)27)13-22(31)29-21-10-5-16(28)11-15(21)2/h3-12H,13H2,1-2H3,(H,29,31). The second kappa shape index (κ2) is 10.1. The molecule has 0 fully saturated rings. The molecule has 0 unspecified atom stereocenters. The summed E-state index contributed by atoms with van der Waals surface area (Å²) in [5.41, 5.74) is 0.462. The third kappa shape index (κ3) is 6.02. The van der Waals surface area contributed by atoms with E-state index in [1.165, 1.54) is 12.1 Å². The maximum Gasteiger partial charge on any atom is 0.417 e. The number of halogens is 5. The molecule has 0 spiro atoms. The quantitative estimate of drug-likeness (QED) is 0.323. The molecule has 3 rings (SSSR count). The highest BCUT2D eigenvalue weighted by molar-refractivity contribution is 14.1. The van der Waals surface area contributed by atoms with Gasteiger partial charge < -0.3 is 5.32 Å². The topological polar surface area (TPSA) is 66.5 Å². The molecule has 0 saturated carbocycles. The lowest BCUT2D eigenvalue weighted by molar-refractivity contribution is -0.137. The van der Waals surface area contributed by atoms with Crippen LogP contribution in [0.15, 0.2) is 65.6 Å². The zero-order valence-electron chi connectivity index (χ0n) is 18.0. The number of rotatable bonds is 6. The van der Waals surface area contributed by atoms with Crippen molar-refractivity contribution in [2.24, 2.45) is 0 Å². The van der Waals surface area contributed by atoms with Crippen LogP contribution in [-0.4, -0.2) is 20.9 Å². The van der Waals surface area contributed by atoms with Crippen LogP contribution in [0.25, 0.3) is 0 Å². The molecule has 0 bridgehead atoms. The number of alkyl halides is 3. The lowest BCUT2D eigenvalue weighted by Gasteiger charge is -2.25. The van der Waals surface area contributed by atoms with Gasteiger partial charge in [0.15, 0.2) is 0 Å². The average molecular weight is 623 g/mol. The largest absolute Gasteiger partial charge is 0.417 e. The second-order valence-corrected chi connectivity index (χ2v) is 11.0. The molecule has 0 aliphatic rings. The van der Waals surface area contributed by atoms with Gasteiger partial charge in [-0.3, -0.25) is 9.10 Å². The Labute approximate surface area is 214 Å². The van der Waals surface area contributed by atoms with Crippen LogP contribution in [0.2, 0.25) is 5.02 Å². The Morgan fingerprint density at radius 1 is 1.03 bits per heavy atom. The fourth-order valence-corrected chi connectivity index (χ4v) is 5.41. The third-order valence-corrected chi connectivity index (χ3v) is 7.69. The van der Waals surface area contributed by atoms with E-state index in [2.05, 4.69) is 27.9 Å². The van der Waals surface area contributed by atoms with E-state index >= 15 is 0 Å². The number of nitrogens with one attached hydrogen (secondary N) is 1. The molecule has 180 valence electrons. The molecule has 3 aromatic rings. The van der Waals surface area contributed by atoms with Crippen molar-refractivity contribution >= 4 is 61.5 Å². The zero-order valence-corrected chi connectivity index (χ0v) is 21.7. The maximum atomic E-state index is 13.5. The van der Waals surface area contributed by atoms with Crippen LogP contribution in [0.4, 0.5) is 24.5 Å². The lowest BCUT2D eigenvalue weighted by atomic mass is 10.2. The second-order valence-electron chi connectivity index (χ2n) is 7.49. The van der Waals surface area contributed by atoms with E-state index in [1.807, 2.05) is 6.07 Å². The first kappa shape index (κ1) is 26.3. The van der Waals surface area contributed by atoms with Gasteiger partial charge in [0.25, 0.3) is 10.0 Å². The minimum atomic E-state index is -4.81. The smallest absolute Gasteiger partial charge is 0.324 e. The number of benzene rings is 3. The Kier molecular flexibility index (Phi) is 7.83. The van der Waals surface area contributed by atoms with E-state index in [-0.39, 0.29) is 10.6 Å². The number of carbonyl (C=O) groups is 1. The Balaban J connectivity index is 2.05. The molecule has 0 radical (unpaired) electrons.